The monoisotopic (exact) mass is 335 g/mol. The average molecular weight is 335 g/mol. The van der Waals surface area contributed by atoms with Gasteiger partial charge in [0.2, 0.25) is 10.0 Å². The van der Waals surface area contributed by atoms with Crippen LogP contribution >= 0.6 is 0 Å². The molecule has 0 aliphatic carbocycles. The molecule has 0 spiro atoms. The van der Waals surface area contributed by atoms with Crippen LogP contribution in [0.3, 0.4) is 0 Å². The number of hydrogen-bond donors (Lipinski definition) is 3. The second kappa shape index (κ2) is 5.97. The lowest BCUT2D eigenvalue weighted by atomic mass is 10.3. The van der Waals surface area contributed by atoms with Crippen LogP contribution in [0.25, 0.3) is 0 Å². The Labute approximate surface area is 133 Å². The summed E-state index contributed by atoms with van der Waals surface area (Å²) in [4.78, 5) is 0.264. The van der Waals surface area contributed by atoms with Crippen molar-refractivity contribution in [3.63, 3.8) is 0 Å². The summed E-state index contributed by atoms with van der Waals surface area (Å²) in [5.41, 5.74) is 14.8. The van der Waals surface area contributed by atoms with Crippen LogP contribution < -0.4 is 16.9 Å². The quantitative estimate of drug-likeness (QED) is 0.658. The maximum Gasteiger partial charge on any atom is 0.243 e. The summed E-state index contributed by atoms with van der Waals surface area (Å²) in [6.45, 7) is 1.15. The fourth-order valence-electron chi connectivity index (χ4n) is 2.35. The molecule has 10 heteroatoms. The number of nitrogens with two attached hydrogens (primary N) is 2. The normalized spacial score (nSPS) is 18.7. The summed E-state index contributed by atoms with van der Waals surface area (Å²) in [6, 6.07) is 6.34. The first kappa shape index (κ1) is 15.4. The largest absolute Gasteiger partial charge is 0.380 e. The highest BCUT2D eigenvalue weighted by Gasteiger charge is 2.26. The molecule has 0 bridgehead atoms. The van der Waals surface area contributed by atoms with E-state index in [0.29, 0.717) is 18.8 Å². The zero-order chi connectivity index (χ0) is 16.4. The first-order chi connectivity index (χ1) is 11.0. The van der Waals surface area contributed by atoms with E-state index in [1.165, 1.54) is 4.31 Å². The Morgan fingerprint density at radius 2 is 1.61 bits per heavy atom. The van der Waals surface area contributed by atoms with Gasteiger partial charge in [0, 0.05) is 13.1 Å². The van der Waals surface area contributed by atoms with Crippen molar-refractivity contribution in [2.45, 2.75) is 17.7 Å². The van der Waals surface area contributed by atoms with E-state index < -0.39 is 10.0 Å². The van der Waals surface area contributed by atoms with Crippen LogP contribution in [0.4, 0.5) is 5.69 Å². The number of hydrogen-bond acceptors (Lipinski definition) is 8. The molecule has 1 saturated heterocycles. The lowest BCUT2D eigenvalue weighted by Gasteiger charge is -2.15. The van der Waals surface area contributed by atoms with Crippen molar-refractivity contribution in [1.82, 2.24) is 4.31 Å². The first-order valence-corrected chi connectivity index (χ1v) is 8.54. The summed E-state index contributed by atoms with van der Waals surface area (Å²) in [6.07, 6.45) is 1.81. The molecule has 0 unspecified atom stereocenters. The molecule has 2 heterocycles. The van der Waals surface area contributed by atoms with Gasteiger partial charge in [-0.15, -0.1) is 10.2 Å². The van der Waals surface area contributed by atoms with Crippen molar-refractivity contribution in [2.75, 3.05) is 18.5 Å². The van der Waals surface area contributed by atoms with Crippen LogP contribution in [0, 0.1) is 0 Å². The minimum atomic E-state index is -3.41. The van der Waals surface area contributed by atoms with Gasteiger partial charge in [-0.1, -0.05) is 0 Å². The van der Waals surface area contributed by atoms with Crippen molar-refractivity contribution in [1.29, 1.82) is 0 Å². The van der Waals surface area contributed by atoms with Crippen LogP contribution in [0.2, 0.25) is 0 Å². The van der Waals surface area contributed by atoms with Gasteiger partial charge in [0.05, 0.1) is 10.6 Å². The summed E-state index contributed by atoms with van der Waals surface area (Å²) in [7, 11) is -3.41. The third kappa shape index (κ3) is 3.03. The van der Waals surface area contributed by atoms with E-state index in [1.807, 2.05) is 0 Å². The maximum atomic E-state index is 12.4. The number of anilines is 1. The molecule has 1 aromatic carbocycles. The number of nitrogens with one attached hydrogen (secondary N) is 1. The summed E-state index contributed by atoms with van der Waals surface area (Å²) in [5.74, 6) is 0.256. The molecule has 1 fully saturated rings. The molecule has 2 aliphatic rings. The maximum absolute atomic E-state index is 12.4. The van der Waals surface area contributed by atoms with Gasteiger partial charge in [-0.25, -0.2) is 8.42 Å². The molecule has 5 N–H and O–H groups in total. The van der Waals surface area contributed by atoms with Crippen molar-refractivity contribution in [2.24, 2.45) is 26.8 Å². The van der Waals surface area contributed by atoms with Gasteiger partial charge < -0.3 is 11.5 Å². The topological polar surface area (TPSA) is 139 Å². The molecule has 3 rings (SSSR count). The van der Waals surface area contributed by atoms with E-state index in [0.717, 1.165) is 12.8 Å². The van der Waals surface area contributed by atoms with Crippen LogP contribution in [0.5, 0.6) is 0 Å². The second-order valence-corrected chi connectivity index (χ2v) is 7.12. The predicted molar refractivity (Wildman–Crippen MR) is 88.7 cm³/mol. The lowest BCUT2D eigenvalue weighted by Crippen LogP contribution is -2.32. The van der Waals surface area contributed by atoms with Crippen molar-refractivity contribution < 1.29 is 8.42 Å². The fourth-order valence-corrected chi connectivity index (χ4v) is 3.86. The SMILES string of the molecule is NC1=NN=C(N)C1=NNc1ccc(S(=O)(=O)N2CCCC2)cc1. The van der Waals surface area contributed by atoms with E-state index in [2.05, 4.69) is 20.7 Å². The van der Waals surface area contributed by atoms with Crippen molar-refractivity contribution in [3.05, 3.63) is 24.3 Å². The molecule has 122 valence electrons. The fraction of sp³-hybridized carbons (Fsp3) is 0.308. The molecule has 0 amide bonds. The Morgan fingerprint density at radius 3 is 2.17 bits per heavy atom. The number of nitrogens with zero attached hydrogens (tertiary/aromatic N) is 4. The van der Waals surface area contributed by atoms with Gasteiger partial charge >= 0.3 is 0 Å². The van der Waals surface area contributed by atoms with Gasteiger partial charge in [0.1, 0.15) is 0 Å². The Hall–Kier alpha value is -2.46. The molecule has 2 aliphatic heterocycles. The highest BCUT2D eigenvalue weighted by Crippen LogP contribution is 2.22. The number of rotatable bonds is 4. The number of benzene rings is 1. The molecule has 1 aromatic rings. The molecular weight excluding hydrogens is 318 g/mol. The van der Waals surface area contributed by atoms with E-state index in [1.54, 1.807) is 24.3 Å². The van der Waals surface area contributed by atoms with Gasteiger partial charge in [-0.3, -0.25) is 5.43 Å². The molecule has 0 radical (unpaired) electrons. The molecule has 0 aromatic heterocycles. The zero-order valence-corrected chi connectivity index (χ0v) is 13.1. The summed E-state index contributed by atoms with van der Waals surface area (Å²) >= 11 is 0. The average Bonchev–Trinajstić information content (AvgIpc) is 3.18. The molecule has 23 heavy (non-hydrogen) atoms. The standard InChI is InChI=1S/C13H17N7O2S/c14-12-11(13(15)19-18-12)17-16-9-3-5-10(6-4-9)23(21,22)20-7-1-2-8-20/h3-6,16H,1-2,7-8H2,(H4,14,15,17,18,19). The van der Waals surface area contributed by atoms with Crippen molar-refractivity contribution >= 4 is 33.1 Å². The molecule has 9 nitrogen and oxygen atoms in total. The van der Waals surface area contributed by atoms with E-state index in [4.69, 9.17) is 11.5 Å². The third-order valence-corrected chi connectivity index (χ3v) is 5.52. The van der Waals surface area contributed by atoms with Crippen LogP contribution in [0.15, 0.2) is 44.5 Å². The molecule has 0 saturated carbocycles. The smallest absolute Gasteiger partial charge is 0.243 e. The minimum absolute atomic E-state index is 0.128. The predicted octanol–water partition coefficient (Wildman–Crippen LogP) is -0.118. The van der Waals surface area contributed by atoms with Gasteiger partial charge in [0.15, 0.2) is 17.4 Å². The van der Waals surface area contributed by atoms with Crippen LogP contribution in [0.1, 0.15) is 12.8 Å². The minimum Gasteiger partial charge on any atom is -0.380 e. The Morgan fingerprint density at radius 1 is 1.04 bits per heavy atom. The third-order valence-electron chi connectivity index (χ3n) is 3.60. The number of sulfonamides is 1. The molecular formula is C13H17N7O2S. The lowest BCUT2D eigenvalue weighted by molar-refractivity contribution is 0.477. The van der Waals surface area contributed by atoms with E-state index in [-0.39, 0.29) is 22.3 Å². The van der Waals surface area contributed by atoms with Crippen LogP contribution in [-0.2, 0) is 10.0 Å². The Balaban J connectivity index is 1.74. The Kier molecular flexibility index (Phi) is 4.01. The highest BCUT2D eigenvalue weighted by molar-refractivity contribution is 7.89. The second-order valence-electron chi connectivity index (χ2n) is 5.18. The number of amidine groups is 2. The van der Waals surface area contributed by atoms with Gasteiger partial charge in [0.25, 0.3) is 0 Å². The van der Waals surface area contributed by atoms with E-state index in [9.17, 15) is 8.42 Å². The highest BCUT2D eigenvalue weighted by atomic mass is 32.2. The first-order valence-electron chi connectivity index (χ1n) is 7.10. The summed E-state index contributed by atoms with van der Waals surface area (Å²) in [5, 5.41) is 11.2. The zero-order valence-electron chi connectivity index (χ0n) is 12.3. The van der Waals surface area contributed by atoms with Gasteiger partial charge in [-0.2, -0.15) is 9.41 Å². The van der Waals surface area contributed by atoms with E-state index >= 15 is 0 Å². The van der Waals surface area contributed by atoms with Crippen molar-refractivity contribution in [3.8, 4) is 0 Å². The Bertz CT molecular complexity index is 770. The number of hydrazone groups is 1. The van der Waals surface area contributed by atoms with Crippen LogP contribution in [-0.4, -0.2) is 43.2 Å². The molecule has 0 atom stereocenters. The summed E-state index contributed by atoms with van der Waals surface area (Å²) < 4.78 is 26.3. The van der Waals surface area contributed by atoms with Gasteiger partial charge in [-0.05, 0) is 37.1 Å².